The Balaban J connectivity index is 1.88. The third-order valence-electron chi connectivity index (χ3n) is 4.10. The van der Waals surface area contributed by atoms with E-state index in [1.54, 1.807) is 30.1 Å². The fourth-order valence-electron chi connectivity index (χ4n) is 2.98. The van der Waals surface area contributed by atoms with Crippen LogP contribution < -0.4 is 15.1 Å². The van der Waals surface area contributed by atoms with Crippen LogP contribution in [0.1, 0.15) is 13.3 Å². The van der Waals surface area contributed by atoms with E-state index in [1.807, 2.05) is 13.0 Å². The van der Waals surface area contributed by atoms with Gasteiger partial charge >= 0.3 is 0 Å². The van der Waals surface area contributed by atoms with Gasteiger partial charge in [-0.1, -0.05) is 12.1 Å². The molecule has 0 saturated heterocycles. The Morgan fingerprint density at radius 2 is 2.12 bits per heavy atom. The molecule has 0 fully saturated rings. The second kappa shape index (κ2) is 6.88. The molecule has 0 spiro atoms. The van der Waals surface area contributed by atoms with E-state index < -0.39 is 5.82 Å². The average Bonchev–Trinajstić information content (AvgIpc) is 2.69. The lowest BCUT2D eigenvalue weighted by atomic mass is 10.1. The predicted molar refractivity (Wildman–Crippen MR) is 94.1 cm³/mol. The maximum Gasteiger partial charge on any atom is 0.246 e. The van der Waals surface area contributed by atoms with E-state index in [0.717, 1.165) is 0 Å². The summed E-state index contributed by atoms with van der Waals surface area (Å²) >= 11 is 0. The van der Waals surface area contributed by atoms with Gasteiger partial charge in [0.2, 0.25) is 11.8 Å². The van der Waals surface area contributed by atoms with Gasteiger partial charge in [-0.2, -0.15) is 0 Å². The zero-order valence-electron chi connectivity index (χ0n) is 14.1. The lowest BCUT2D eigenvalue weighted by Gasteiger charge is -2.30. The molecule has 1 aromatic carbocycles. The number of nitrogens with one attached hydrogen (secondary N) is 1. The van der Waals surface area contributed by atoms with Crippen LogP contribution in [-0.4, -0.2) is 36.4 Å². The minimum Gasteiger partial charge on any atom is -0.348 e. The first-order valence-electron chi connectivity index (χ1n) is 8.00. The highest BCUT2D eigenvalue weighted by Gasteiger charge is 2.30. The molecule has 2 aromatic rings. The Labute approximate surface area is 145 Å². The standard InChI is InChI=1S/C18H19FN4O2/c1-12-10-16(24)21-14-7-3-4-8-15(14)23(12)17(25)11-22(2)18-13(19)6-5-9-20-18/h3-9,12H,10-11H2,1-2H3,(H,21,24)/t12-/m0/s1. The van der Waals surface area contributed by atoms with E-state index in [0.29, 0.717) is 11.4 Å². The Kier molecular flexibility index (Phi) is 4.65. The first kappa shape index (κ1) is 16.9. The lowest BCUT2D eigenvalue weighted by molar-refractivity contribution is -0.118. The molecule has 1 aromatic heterocycles. The van der Waals surface area contributed by atoms with Gasteiger partial charge in [-0.05, 0) is 31.2 Å². The number of hydrogen-bond donors (Lipinski definition) is 1. The molecule has 1 atom stereocenters. The van der Waals surface area contributed by atoms with Gasteiger partial charge < -0.3 is 15.1 Å². The lowest BCUT2D eigenvalue weighted by Crippen LogP contribution is -2.44. The van der Waals surface area contributed by atoms with Crippen molar-refractivity contribution in [3.63, 3.8) is 0 Å². The molecule has 25 heavy (non-hydrogen) atoms. The van der Waals surface area contributed by atoms with Gasteiger partial charge in [-0.3, -0.25) is 9.59 Å². The van der Waals surface area contributed by atoms with E-state index in [-0.39, 0.29) is 36.6 Å². The highest BCUT2D eigenvalue weighted by atomic mass is 19.1. The van der Waals surface area contributed by atoms with E-state index >= 15 is 0 Å². The summed E-state index contributed by atoms with van der Waals surface area (Å²) in [6.07, 6.45) is 1.67. The fraction of sp³-hybridized carbons (Fsp3) is 0.278. The molecule has 2 heterocycles. The molecule has 6 nitrogen and oxygen atoms in total. The summed E-state index contributed by atoms with van der Waals surface area (Å²) in [6.45, 7) is 1.77. The van der Waals surface area contributed by atoms with Crippen molar-refractivity contribution in [2.45, 2.75) is 19.4 Å². The molecule has 7 heteroatoms. The predicted octanol–water partition coefficient (Wildman–Crippen LogP) is 2.42. The van der Waals surface area contributed by atoms with Crippen molar-refractivity contribution in [2.24, 2.45) is 0 Å². The molecule has 130 valence electrons. The van der Waals surface area contributed by atoms with Crippen molar-refractivity contribution in [2.75, 3.05) is 28.7 Å². The molecule has 1 aliphatic heterocycles. The van der Waals surface area contributed by atoms with Gasteiger partial charge in [0.15, 0.2) is 11.6 Å². The highest BCUT2D eigenvalue weighted by molar-refractivity contribution is 6.05. The number of hydrogen-bond acceptors (Lipinski definition) is 4. The molecule has 0 saturated carbocycles. The largest absolute Gasteiger partial charge is 0.348 e. The van der Waals surface area contributed by atoms with Crippen LogP contribution in [0.3, 0.4) is 0 Å². The van der Waals surface area contributed by atoms with Crippen molar-refractivity contribution >= 4 is 29.0 Å². The van der Waals surface area contributed by atoms with Gasteiger partial charge in [-0.15, -0.1) is 0 Å². The van der Waals surface area contributed by atoms with Crippen molar-refractivity contribution in [3.05, 3.63) is 48.4 Å². The van der Waals surface area contributed by atoms with Crippen LogP contribution in [0.25, 0.3) is 0 Å². The number of para-hydroxylation sites is 2. The van der Waals surface area contributed by atoms with Crippen LogP contribution in [0.5, 0.6) is 0 Å². The number of carbonyl (C=O) groups is 2. The first-order valence-corrected chi connectivity index (χ1v) is 8.00. The summed E-state index contributed by atoms with van der Waals surface area (Å²) in [5, 5.41) is 2.81. The molecular weight excluding hydrogens is 323 g/mol. The van der Waals surface area contributed by atoms with Crippen LogP contribution in [0, 0.1) is 5.82 Å². The van der Waals surface area contributed by atoms with Gasteiger partial charge in [0.05, 0.1) is 17.9 Å². The van der Waals surface area contributed by atoms with E-state index in [4.69, 9.17) is 0 Å². The maximum absolute atomic E-state index is 13.9. The molecule has 3 rings (SSSR count). The van der Waals surface area contributed by atoms with E-state index in [9.17, 15) is 14.0 Å². The molecule has 0 bridgehead atoms. The van der Waals surface area contributed by atoms with Crippen LogP contribution >= 0.6 is 0 Å². The topological polar surface area (TPSA) is 65.5 Å². The minimum absolute atomic E-state index is 0.0548. The summed E-state index contributed by atoms with van der Waals surface area (Å²) in [7, 11) is 1.61. The normalized spacial score (nSPS) is 16.7. The van der Waals surface area contributed by atoms with E-state index in [2.05, 4.69) is 10.3 Å². The average molecular weight is 342 g/mol. The smallest absolute Gasteiger partial charge is 0.246 e. The Hall–Kier alpha value is -2.96. The summed E-state index contributed by atoms with van der Waals surface area (Å²) < 4.78 is 13.9. The van der Waals surface area contributed by atoms with Crippen LogP contribution in [0.15, 0.2) is 42.6 Å². The van der Waals surface area contributed by atoms with Crippen molar-refractivity contribution in [3.8, 4) is 0 Å². The number of rotatable bonds is 3. The SMILES string of the molecule is C[C@H]1CC(=O)Nc2ccccc2N1C(=O)CN(C)c1ncccc1F. The number of halogens is 1. The number of amides is 2. The van der Waals surface area contributed by atoms with Crippen molar-refractivity contribution < 1.29 is 14.0 Å². The summed E-state index contributed by atoms with van der Waals surface area (Å²) in [6, 6.07) is 9.65. The Bertz CT molecular complexity index is 811. The van der Waals surface area contributed by atoms with Gasteiger partial charge in [0.25, 0.3) is 0 Å². The van der Waals surface area contributed by atoms with Gasteiger partial charge in [-0.25, -0.2) is 9.37 Å². The van der Waals surface area contributed by atoms with Gasteiger partial charge in [0, 0.05) is 25.7 Å². The Morgan fingerprint density at radius 3 is 2.88 bits per heavy atom. The number of anilines is 3. The van der Waals surface area contributed by atoms with Crippen LogP contribution in [0.2, 0.25) is 0 Å². The zero-order valence-corrected chi connectivity index (χ0v) is 14.1. The molecule has 2 amide bonds. The highest BCUT2D eigenvalue weighted by Crippen LogP contribution is 2.31. The third-order valence-corrected chi connectivity index (χ3v) is 4.10. The minimum atomic E-state index is -0.487. The number of likely N-dealkylation sites (N-methyl/N-ethyl adjacent to an activating group) is 1. The number of aromatic nitrogens is 1. The van der Waals surface area contributed by atoms with Gasteiger partial charge in [0.1, 0.15) is 0 Å². The molecule has 0 unspecified atom stereocenters. The molecular formula is C18H19FN4O2. The summed E-state index contributed by atoms with van der Waals surface area (Å²) in [4.78, 5) is 32.0. The second-order valence-electron chi connectivity index (χ2n) is 6.05. The summed E-state index contributed by atoms with van der Waals surface area (Å²) in [5.74, 6) is -0.747. The number of pyridine rings is 1. The third kappa shape index (κ3) is 3.45. The number of carbonyl (C=O) groups excluding carboxylic acids is 2. The quantitative estimate of drug-likeness (QED) is 0.930. The van der Waals surface area contributed by atoms with Crippen molar-refractivity contribution in [1.29, 1.82) is 0 Å². The zero-order chi connectivity index (χ0) is 18.0. The monoisotopic (exact) mass is 342 g/mol. The molecule has 1 N–H and O–H groups in total. The molecule has 1 aliphatic rings. The first-order chi connectivity index (χ1) is 12.0. The molecule has 0 aliphatic carbocycles. The summed E-state index contributed by atoms with van der Waals surface area (Å²) in [5.41, 5.74) is 1.23. The Morgan fingerprint density at radius 1 is 1.36 bits per heavy atom. The van der Waals surface area contributed by atoms with Crippen LogP contribution in [0.4, 0.5) is 21.6 Å². The van der Waals surface area contributed by atoms with Crippen LogP contribution in [-0.2, 0) is 9.59 Å². The number of nitrogens with zero attached hydrogens (tertiary/aromatic N) is 3. The number of benzene rings is 1. The second-order valence-corrected chi connectivity index (χ2v) is 6.05. The maximum atomic E-state index is 13.9. The van der Waals surface area contributed by atoms with Crippen molar-refractivity contribution in [1.82, 2.24) is 4.98 Å². The molecule has 0 radical (unpaired) electrons. The van der Waals surface area contributed by atoms with E-state index in [1.165, 1.54) is 23.2 Å². The fourth-order valence-corrected chi connectivity index (χ4v) is 2.98. The number of fused-ring (bicyclic) bond motifs is 1.